The zero-order valence-corrected chi connectivity index (χ0v) is 19.0. The number of benzene rings is 3. The molecular formula is C25H18Cl2N2O4. The third-order valence-corrected chi connectivity index (χ3v) is 5.95. The summed E-state index contributed by atoms with van der Waals surface area (Å²) in [5.74, 6) is -2.54. The third-order valence-electron chi connectivity index (χ3n) is 5.40. The van der Waals surface area contributed by atoms with E-state index in [1.165, 1.54) is 30.3 Å². The number of carbonyl (C=O) groups is 4. The van der Waals surface area contributed by atoms with E-state index < -0.39 is 29.5 Å². The van der Waals surface area contributed by atoms with Crippen LogP contribution in [0.4, 0.5) is 0 Å². The van der Waals surface area contributed by atoms with Gasteiger partial charge in [0, 0.05) is 10.6 Å². The first-order valence-electron chi connectivity index (χ1n) is 10.2. The molecule has 0 bridgehead atoms. The van der Waals surface area contributed by atoms with Gasteiger partial charge in [0.2, 0.25) is 0 Å². The van der Waals surface area contributed by atoms with E-state index in [9.17, 15) is 19.2 Å². The van der Waals surface area contributed by atoms with Crippen molar-refractivity contribution in [2.45, 2.75) is 19.4 Å². The Morgan fingerprint density at radius 1 is 0.879 bits per heavy atom. The fourth-order valence-electron chi connectivity index (χ4n) is 3.79. The van der Waals surface area contributed by atoms with Crippen LogP contribution in [0.25, 0.3) is 0 Å². The predicted molar refractivity (Wildman–Crippen MR) is 124 cm³/mol. The Balaban J connectivity index is 1.85. The number of nitrogens with zero attached hydrogens (tertiary/aromatic N) is 2. The van der Waals surface area contributed by atoms with Gasteiger partial charge >= 0.3 is 0 Å². The van der Waals surface area contributed by atoms with Gasteiger partial charge in [0.25, 0.3) is 17.7 Å². The molecule has 33 heavy (non-hydrogen) atoms. The molecule has 0 saturated heterocycles. The highest BCUT2D eigenvalue weighted by molar-refractivity contribution is 6.37. The fourth-order valence-corrected chi connectivity index (χ4v) is 4.28. The Kier molecular flexibility index (Phi) is 6.31. The number of imide groups is 1. The number of rotatable bonds is 6. The molecule has 166 valence electrons. The van der Waals surface area contributed by atoms with E-state index in [1.807, 2.05) is 0 Å². The Labute approximate surface area is 200 Å². The van der Waals surface area contributed by atoms with Gasteiger partial charge < -0.3 is 0 Å². The molecule has 0 radical (unpaired) electrons. The molecule has 0 N–H and O–H groups in total. The van der Waals surface area contributed by atoms with Crippen LogP contribution in [-0.4, -0.2) is 39.6 Å². The number of carbonyl (C=O) groups excluding carboxylic acids is 4. The van der Waals surface area contributed by atoms with Crippen LogP contribution in [0.2, 0.25) is 10.0 Å². The first-order valence-corrected chi connectivity index (χ1v) is 11.0. The second-order valence-corrected chi connectivity index (χ2v) is 8.24. The van der Waals surface area contributed by atoms with E-state index in [0.29, 0.717) is 10.6 Å². The van der Waals surface area contributed by atoms with E-state index in [1.54, 1.807) is 49.4 Å². The number of ketones is 1. The van der Waals surface area contributed by atoms with Gasteiger partial charge in [0.15, 0.2) is 5.78 Å². The van der Waals surface area contributed by atoms with Crippen molar-refractivity contribution in [1.29, 1.82) is 0 Å². The molecule has 1 atom stereocenters. The van der Waals surface area contributed by atoms with E-state index in [4.69, 9.17) is 23.2 Å². The Bertz CT molecular complexity index is 1240. The van der Waals surface area contributed by atoms with Gasteiger partial charge in [-0.2, -0.15) is 5.01 Å². The average molecular weight is 481 g/mol. The Morgan fingerprint density at radius 2 is 1.45 bits per heavy atom. The van der Waals surface area contributed by atoms with E-state index in [2.05, 4.69) is 0 Å². The summed E-state index contributed by atoms with van der Waals surface area (Å²) in [6.45, 7) is 1.70. The van der Waals surface area contributed by atoms with Crippen LogP contribution in [0, 0.1) is 0 Å². The van der Waals surface area contributed by atoms with Crippen LogP contribution in [0.3, 0.4) is 0 Å². The van der Waals surface area contributed by atoms with Crippen molar-refractivity contribution in [3.63, 3.8) is 0 Å². The van der Waals surface area contributed by atoms with Gasteiger partial charge in [-0.15, -0.1) is 0 Å². The molecule has 0 aliphatic carbocycles. The minimum Gasteiger partial charge on any atom is -0.292 e. The summed E-state index contributed by atoms with van der Waals surface area (Å²) in [7, 11) is 0. The molecule has 3 aromatic rings. The zero-order valence-electron chi connectivity index (χ0n) is 17.5. The maximum absolute atomic E-state index is 13.7. The molecule has 0 spiro atoms. The number of hydrazine groups is 1. The van der Waals surface area contributed by atoms with Crippen LogP contribution in [0.15, 0.2) is 72.8 Å². The normalized spacial score (nSPS) is 13.6. The maximum Gasteiger partial charge on any atom is 0.280 e. The standard InChI is InChI=1S/C25H18Cl2N2O4/c1-2-21(22(30)15-8-4-3-5-9-15)28(25(33)19-13-12-16(26)14-20(19)27)29-23(31)17-10-6-7-11-18(17)24(29)32/h3-14,21H,2H2,1H3/t21-/m1/s1. The van der Waals surface area contributed by atoms with Crippen LogP contribution in [-0.2, 0) is 0 Å². The monoisotopic (exact) mass is 480 g/mol. The number of fused-ring (bicyclic) bond motifs is 1. The molecule has 8 heteroatoms. The van der Waals surface area contributed by atoms with Crippen LogP contribution in [0.1, 0.15) is 54.8 Å². The molecule has 0 aromatic heterocycles. The molecule has 1 heterocycles. The molecule has 0 fully saturated rings. The van der Waals surface area contributed by atoms with Crippen LogP contribution >= 0.6 is 23.2 Å². The zero-order chi connectivity index (χ0) is 23.7. The summed E-state index contributed by atoms with van der Waals surface area (Å²) in [6.07, 6.45) is 0.151. The van der Waals surface area contributed by atoms with Crippen LogP contribution < -0.4 is 0 Å². The SMILES string of the molecule is CC[C@H](C(=O)c1ccccc1)N(C(=O)c1ccc(Cl)cc1Cl)N1C(=O)c2ccccc2C1=O. The summed E-state index contributed by atoms with van der Waals surface area (Å²) >= 11 is 12.3. The first-order chi connectivity index (χ1) is 15.8. The van der Waals surface area contributed by atoms with Gasteiger partial charge in [0.1, 0.15) is 6.04 Å². The summed E-state index contributed by atoms with van der Waals surface area (Å²) < 4.78 is 0. The van der Waals surface area contributed by atoms with Crippen molar-refractivity contribution in [2.75, 3.05) is 0 Å². The second-order valence-electron chi connectivity index (χ2n) is 7.40. The van der Waals surface area contributed by atoms with Crippen molar-refractivity contribution < 1.29 is 19.2 Å². The third kappa shape index (κ3) is 4.03. The smallest absolute Gasteiger partial charge is 0.280 e. The number of Topliss-reactive ketones (excluding diaryl/α,β-unsaturated/α-hetero) is 1. The van der Waals surface area contributed by atoms with Gasteiger partial charge in [-0.25, -0.2) is 5.01 Å². The van der Waals surface area contributed by atoms with Gasteiger partial charge in [-0.1, -0.05) is 72.6 Å². The lowest BCUT2D eigenvalue weighted by Crippen LogP contribution is -2.57. The largest absolute Gasteiger partial charge is 0.292 e. The molecular weight excluding hydrogens is 463 g/mol. The van der Waals surface area contributed by atoms with E-state index in [-0.39, 0.29) is 28.1 Å². The molecule has 0 saturated carbocycles. The topological polar surface area (TPSA) is 74.8 Å². The predicted octanol–water partition coefficient (Wildman–Crippen LogP) is 5.31. The van der Waals surface area contributed by atoms with E-state index in [0.717, 1.165) is 10.0 Å². The summed E-state index contributed by atoms with van der Waals surface area (Å²) in [6, 6.07) is 17.8. The van der Waals surface area contributed by atoms with Crippen molar-refractivity contribution in [3.8, 4) is 0 Å². The molecule has 3 aromatic carbocycles. The van der Waals surface area contributed by atoms with Crippen molar-refractivity contribution >= 4 is 46.7 Å². The second kappa shape index (κ2) is 9.17. The van der Waals surface area contributed by atoms with Crippen molar-refractivity contribution in [1.82, 2.24) is 10.0 Å². The lowest BCUT2D eigenvalue weighted by Gasteiger charge is -2.35. The van der Waals surface area contributed by atoms with Crippen LogP contribution in [0.5, 0.6) is 0 Å². The molecule has 1 aliphatic rings. The Morgan fingerprint density at radius 3 is 2.00 bits per heavy atom. The number of hydrogen-bond donors (Lipinski definition) is 0. The lowest BCUT2D eigenvalue weighted by molar-refractivity contribution is -0.00970. The molecule has 0 unspecified atom stereocenters. The molecule has 4 rings (SSSR count). The summed E-state index contributed by atoms with van der Waals surface area (Å²) in [5.41, 5.74) is 0.673. The number of halogens is 2. The molecule has 3 amide bonds. The highest BCUT2D eigenvalue weighted by Crippen LogP contribution is 2.30. The quantitative estimate of drug-likeness (QED) is 0.354. The minimum absolute atomic E-state index is 0.0111. The van der Waals surface area contributed by atoms with Gasteiger partial charge in [-0.05, 0) is 36.8 Å². The summed E-state index contributed by atoms with van der Waals surface area (Å²) in [4.78, 5) is 53.7. The lowest BCUT2D eigenvalue weighted by atomic mass is 10.0. The number of amides is 3. The average Bonchev–Trinajstić information content (AvgIpc) is 3.07. The highest BCUT2D eigenvalue weighted by atomic mass is 35.5. The van der Waals surface area contributed by atoms with Gasteiger partial charge in [0.05, 0.1) is 21.7 Å². The minimum atomic E-state index is -1.13. The summed E-state index contributed by atoms with van der Waals surface area (Å²) in [5, 5.41) is 2.02. The Hall–Kier alpha value is -3.48. The highest BCUT2D eigenvalue weighted by Gasteiger charge is 2.46. The van der Waals surface area contributed by atoms with E-state index >= 15 is 0 Å². The first kappa shape index (κ1) is 22.7. The van der Waals surface area contributed by atoms with Crippen molar-refractivity contribution in [2.24, 2.45) is 0 Å². The number of hydrogen-bond acceptors (Lipinski definition) is 4. The maximum atomic E-state index is 13.7. The molecule has 6 nitrogen and oxygen atoms in total. The fraction of sp³-hybridized carbons (Fsp3) is 0.120. The van der Waals surface area contributed by atoms with Crippen molar-refractivity contribution in [3.05, 3.63) is 105 Å². The molecule has 1 aliphatic heterocycles. The van der Waals surface area contributed by atoms with Gasteiger partial charge in [-0.3, -0.25) is 19.2 Å².